The lowest BCUT2D eigenvalue weighted by Crippen LogP contribution is -2.47. The lowest BCUT2D eigenvalue weighted by Gasteiger charge is -2.22. The molecule has 0 saturated heterocycles. The summed E-state index contributed by atoms with van der Waals surface area (Å²) in [5.41, 5.74) is 2.13. The highest BCUT2D eigenvalue weighted by atomic mass is 32.2. The SMILES string of the molecule is CC(=O)Nc1ccc(SCC(NS(=O)(=O)c2c(C)cc(C)cc2C)C(F)(F)F)cc1. The molecule has 5 nitrogen and oxygen atoms in total. The number of anilines is 1. The zero-order valence-corrected chi connectivity index (χ0v) is 18.6. The van der Waals surface area contributed by atoms with Crippen LogP contribution in [0.3, 0.4) is 0 Å². The van der Waals surface area contributed by atoms with Gasteiger partial charge in [0.15, 0.2) is 0 Å². The van der Waals surface area contributed by atoms with Crippen LogP contribution in [0.4, 0.5) is 18.9 Å². The molecule has 0 radical (unpaired) electrons. The fourth-order valence-corrected chi connectivity index (χ4v) is 5.79. The van der Waals surface area contributed by atoms with Gasteiger partial charge in [-0.2, -0.15) is 17.9 Å². The highest BCUT2D eigenvalue weighted by molar-refractivity contribution is 7.99. The van der Waals surface area contributed by atoms with E-state index in [1.165, 1.54) is 6.92 Å². The maximum absolute atomic E-state index is 13.6. The lowest BCUT2D eigenvalue weighted by atomic mass is 10.1. The summed E-state index contributed by atoms with van der Waals surface area (Å²) < 4.78 is 68.0. The smallest absolute Gasteiger partial charge is 0.326 e. The monoisotopic (exact) mass is 460 g/mol. The molecular weight excluding hydrogens is 437 g/mol. The van der Waals surface area contributed by atoms with Gasteiger partial charge < -0.3 is 5.32 Å². The van der Waals surface area contributed by atoms with E-state index in [1.54, 1.807) is 57.2 Å². The normalized spacial score (nSPS) is 13.2. The summed E-state index contributed by atoms with van der Waals surface area (Å²) in [5, 5.41) is 2.56. The highest BCUT2D eigenvalue weighted by Crippen LogP contribution is 2.30. The van der Waals surface area contributed by atoms with Crippen molar-refractivity contribution in [3.8, 4) is 0 Å². The highest BCUT2D eigenvalue weighted by Gasteiger charge is 2.42. The molecule has 0 saturated carbocycles. The Kier molecular flexibility index (Phi) is 7.59. The number of carbonyl (C=O) groups excluding carboxylic acids is 1. The van der Waals surface area contributed by atoms with Crippen molar-refractivity contribution in [1.29, 1.82) is 0 Å². The van der Waals surface area contributed by atoms with E-state index in [4.69, 9.17) is 0 Å². The quantitative estimate of drug-likeness (QED) is 0.594. The molecule has 2 rings (SSSR count). The molecule has 0 aliphatic carbocycles. The van der Waals surface area contributed by atoms with E-state index in [2.05, 4.69) is 5.32 Å². The number of hydrogen-bond acceptors (Lipinski definition) is 4. The Morgan fingerprint density at radius 3 is 2.07 bits per heavy atom. The Morgan fingerprint density at radius 1 is 1.07 bits per heavy atom. The second-order valence-corrected chi connectivity index (χ2v) is 9.70. The van der Waals surface area contributed by atoms with Crippen LogP contribution in [-0.2, 0) is 14.8 Å². The summed E-state index contributed by atoms with van der Waals surface area (Å²) in [4.78, 5) is 11.4. The standard InChI is InChI=1S/C20H23F3N2O3S2/c1-12-9-13(2)19(14(3)10-12)30(27,28)25-18(20(21,22)23)11-29-17-7-5-16(6-8-17)24-15(4)26/h5-10,18,25H,11H2,1-4H3,(H,24,26). The first-order chi connectivity index (χ1) is 13.8. The minimum Gasteiger partial charge on any atom is -0.326 e. The van der Waals surface area contributed by atoms with Crippen LogP contribution in [0.25, 0.3) is 0 Å². The van der Waals surface area contributed by atoms with Gasteiger partial charge in [0.2, 0.25) is 15.9 Å². The van der Waals surface area contributed by atoms with Crippen molar-refractivity contribution in [2.45, 2.75) is 49.7 Å². The maximum atomic E-state index is 13.6. The number of carbonyl (C=O) groups is 1. The summed E-state index contributed by atoms with van der Waals surface area (Å²) in [6, 6.07) is 7.23. The second-order valence-electron chi connectivity index (χ2n) is 6.96. The van der Waals surface area contributed by atoms with Crippen LogP contribution in [0.15, 0.2) is 46.2 Å². The number of halogens is 3. The molecule has 0 heterocycles. The Bertz CT molecular complexity index is 998. The maximum Gasteiger partial charge on any atom is 0.405 e. The van der Waals surface area contributed by atoms with Gasteiger partial charge in [-0.3, -0.25) is 4.79 Å². The molecule has 30 heavy (non-hydrogen) atoms. The van der Waals surface area contributed by atoms with Crippen molar-refractivity contribution in [1.82, 2.24) is 4.72 Å². The van der Waals surface area contributed by atoms with Crippen LogP contribution >= 0.6 is 11.8 Å². The molecule has 2 aromatic carbocycles. The van der Waals surface area contributed by atoms with Crippen LogP contribution in [0.5, 0.6) is 0 Å². The van der Waals surface area contributed by atoms with Crippen molar-refractivity contribution in [2.24, 2.45) is 0 Å². The molecule has 10 heteroatoms. The molecule has 0 bridgehead atoms. The summed E-state index contributed by atoms with van der Waals surface area (Å²) in [6.07, 6.45) is -4.76. The van der Waals surface area contributed by atoms with E-state index >= 15 is 0 Å². The van der Waals surface area contributed by atoms with Crippen molar-refractivity contribution in [3.63, 3.8) is 0 Å². The molecule has 1 amide bonds. The molecule has 0 aliphatic heterocycles. The van der Waals surface area contributed by atoms with E-state index in [-0.39, 0.29) is 10.8 Å². The molecule has 0 fully saturated rings. The first-order valence-electron chi connectivity index (χ1n) is 8.97. The third-order valence-corrected chi connectivity index (χ3v) is 7.04. The van der Waals surface area contributed by atoms with Gasteiger partial charge in [-0.15, -0.1) is 11.8 Å². The van der Waals surface area contributed by atoms with E-state index in [0.29, 0.717) is 21.7 Å². The topological polar surface area (TPSA) is 75.3 Å². The number of rotatable bonds is 7. The van der Waals surface area contributed by atoms with Crippen molar-refractivity contribution >= 4 is 33.4 Å². The molecule has 1 atom stereocenters. The summed E-state index contributed by atoms with van der Waals surface area (Å²) in [6.45, 7) is 6.25. The van der Waals surface area contributed by atoms with Gasteiger partial charge in [-0.1, -0.05) is 17.7 Å². The van der Waals surface area contributed by atoms with Gasteiger partial charge in [-0.25, -0.2) is 8.42 Å². The predicted molar refractivity (Wildman–Crippen MR) is 112 cm³/mol. The van der Waals surface area contributed by atoms with Gasteiger partial charge in [0, 0.05) is 23.3 Å². The Morgan fingerprint density at radius 2 is 1.60 bits per heavy atom. The van der Waals surface area contributed by atoms with Gasteiger partial charge in [0.05, 0.1) is 4.90 Å². The number of nitrogens with one attached hydrogen (secondary N) is 2. The summed E-state index contributed by atoms with van der Waals surface area (Å²) in [5.74, 6) is -0.796. The number of thioether (sulfide) groups is 1. The zero-order valence-electron chi connectivity index (χ0n) is 16.9. The third kappa shape index (κ3) is 6.48. The first-order valence-corrected chi connectivity index (χ1v) is 11.4. The van der Waals surface area contributed by atoms with E-state index in [1.807, 2.05) is 4.72 Å². The minimum atomic E-state index is -4.76. The Labute approximate surface area is 178 Å². The zero-order chi connectivity index (χ0) is 22.7. The van der Waals surface area contributed by atoms with E-state index < -0.39 is 28.0 Å². The predicted octanol–water partition coefficient (Wildman–Crippen LogP) is 4.57. The van der Waals surface area contributed by atoms with Crippen LogP contribution in [0, 0.1) is 20.8 Å². The molecule has 1 unspecified atom stereocenters. The fraction of sp³-hybridized carbons (Fsp3) is 0.350. The van der Waals surface area contributed by atoms with Crippen molar-refractivity contribution in [3.05, 3.63) is 53.1 Å². The van der Waals surface area contributed by atoms with Gasteiger partial charge in [0.1, 0.15) is 6.04 Å². The average molecular weight is 461 g/mol. The van der Waals surface area contributed by atoms with Crippen molar-refractivity contribution in [2.75, 3.05) is 11.1 Å². The third-order valence-electron chi connectivity index (χ3n) is 4.16. The van der Waals surface area contributed by atoms with E-state index in [9.17, 15) is 26.4 Å². The van der Waals surface area contributed by atoms with Crippen LogP contribution < -0.4 is 10.0 Å². The van der Waals surface area contributed by atoms with Gasteiger partial charge in [-0.05, 0) is 56.2 Å². The number of hydrogen-bond donors (Lipinski definition) is 2. The molecule has 0 spiro atoms. The average Bonchev–Trinajstić information content (AvgIpc) is 2.57. The van der Waals surface area contributed by atoms with Gasteiger partial charge >= 0.3 is 6.18 Å². The minimum absolute atomic E-state index is 0.132. The molecule has 164 valence electrons. The molecular formula is C20H23F3N2O3S2. The van der Waals surface area contributed by atoms with E-state index in [0.717, 1.165) is 17.3 Å². The molecule has 0 aliphatic rings. The van der Waals surface area contributed by atoms with Crippen LogP contribution in [0.1, 0.15) is 23.6 Å². The molecule has 0 aromatic heterocycles. The second kappa shape index (κ2) is 9.40. The van der Waals surface area contributed by atoms with Crippen LogP contribution in [0.2, 0.25) is 0 Å². The van der Waals surface area contributed by atoms with Crippen LogP contribution in [-0.4, -0.2) is 32.3 Å². The fourth-order valence-electron chi connectivity index (χ4n) is 3.05. The summed E-state index contributed by atoms with van der Waals surface area (Å²) in [7, 11) is -4.38. The van der Waals surface area contributed by atoms with Gasteiger partial charge in [0.25, 0.3) is 0 Å². The number of benzene rings is 2. The molecule has 2 N–H and O–H groups in total. The number of amides is 1. The molecule has 2 aromatic rings. The summed E-state index contributed by atoms with van der Waals surface area (Å²) >= 11 is 0.870. The number of aryl methyl sites for hydroxylation is 3. The Balaban J connectivity index is 2.20. The lowest BCUT2D eigenvalue weighted by molar-refractivity contribution is -0.145. The number of alkyl halides is 3. The Hall–Kier alpha value is -2.04. The van der Waals surface area contributed by atoms with Crippen molar-refractivity contribution < 1.29 is 26.4 Å². The largest absolute Gasteiger partial charge is 0.405 e. The number of sulfonamides is 1. The first kappa shape index (κ1) is 24.2.